The predicted octanol–water partition coefficient (Wildman–Crippen LogP) is 5.28. The second-order valence-corrected chi connectivity index (χ2v) is 7.70. The molecule has 0 radical (unpaired) electrons. The van der Waals surface area contributed by atoms with Crippen LogP contribution >= 0.6 is 11.8 Å². The lowest BCUT2D eigenvalue weighted by molar-refractivity contribution is -0.135. The lowest BCUT2D eigenvalue weighted by Crippen LogP contribution is -2.29. The van der Waals surface area contributed by atoms with Gasteiger partial charge >= 0.3 is 5.97 Å². The van der Waals surface area contributed by atoms with Gasteiger partial charge in [-0.25, -0.2) is 4.79 Å². The zero-order chi connectivity index (χ0) is 21.2. The van der Waals surface area contributed by atoms with Crippen molar-refractivity contribution in [1.82, 2.24) is 0 Å². The minimum Gasteiger partial charge on any atom is -0.461 e. The highest BCUT2D eigenvalue weighted by Gasteiger charge is 2.37. The van der Waals surface area contributed by atoms with Crippen LogP contribution in [0.3, 0.4) is 0 Å². The fourth-order valence-electron chi connectivity index (χ4n) is 3.39. The summed E-state index contributed by atoms with van der Waals surface area (Å²) in [5.41, 5.74) is 3.60. The molecular weight excluding hydrogens is 394 g/mol. The average Bonchev–Trinajstić information content (AvgIpc) is 2.81. The van der Waals surface area contributed by atoms with E-state index in [4.69, 9.17) is 9.57 Å². The van der Waals surface area contributed by atoms with Crippen LogP contribution in [0.5, 0.6) is 0 Å². The number of hydrogen-bond acceptors (Lipinski definition) is 5. The summed E-state index contributed by atoms with van der Waals surface area (Å²) in [5, 5.41) is 3.95. The van der Waals surface area contributed by atoms with Crippen molar-refractivity contribution in [3.63, 3.8) is 0 Å². The Kier molecular flexibility index (Phi) is 7.69. The van der Waals surface area contributed by atoms with Crippen LogP contribution in [0.1, 0.15) is 23.6 Å². The number of nitrogens with zero attached hydrogens (tertiary/aromatic N) is 1. The zero-order valence-electron chi connectivity index (χ0n) is 17.2. The highest BCUT2D eigenvalue weighted by atomic mass is 32.2. The molecule has 5 heteroatoms. The number of hydrogen-bond donors (Lipinski definition) is 0. The van der Waals surface area contributed by atoms with Crippen molar-refractivity contribution < 1.29 is 14.4 Å². The summed E-state index contributed by atoms with van der Waals surface area (Å²) in [5.74, 6) is -0.138. The van der Waals surface area contributed by atoms with Crippen LogP contribution in [0.2, 0.25) is 0 Å². The van der Waals surface area contributed by atoms with Crippen LogP contribution in [0.15, 0.2) is 96.2 Å². The first-order chi connectivity index (χ1) is 14.7. The zero-order valence-corrected chi connectivity index (χ0v) is 18.0. The second-order valence-electron chi connectivity index (χ2n) is 6.51. The van der Waals surface area contributed by atoms with Gasteiger partial charge < -0.3 is 9.57 Å². The molecular formula is C25H25NO3S. The second kappa shape index (κ2) is 10.6. The molecule has 154 valence electrons. The first-order valence-electron chi connectivity index (χ1n) is 9.80. The summed E-state index contributed by atoms with van der Waals surface area (Å²) in [6.45, 7) is 2.06. The maximum atomic E-state index is 12.4. The molecule has 0 heterocycles. The normalized spacial score (nSPS) is 11.7. The van der Waals surface area contributed by atoms with Gasteiger partial charge in [-0.05, 0) is 23.6 Å². The van der Waals surface area contributed by atoms with E-state index in [1.54, 1.807) is 18.7 Å². The van der Waals surface area contributed by atoms with Crippen LogP contribution in [0.4, 0.5) is 0 Å². The standard InChI is InChI=1S/C25H25NO3S/c1-3-29-24(27)23(26-28-2)19-30-25(20-13-7-4-8-14-20,21-15-9-5-10-16-21)22-17-11-6-12-18-22/h4-18H,3,19H2,1-2H3/b26-23-. The van der Waals surface area contributed by atoms with Gasteiger partial charge in [-0.1, -0.05) is 96.2 Å². The first kappa shape index (κ1) is 21.7. The van der Waals surface area contributed by atoms with Crippen LogP contribution in [0, 0.1) is 0 Å². The van der Waals surface area contributed by atoms with Crippen molar-refractivity contribution in [1.29, 1.82) is 0 Å². The molecule has 0 unspecified atom stereocenters. The van der Waals surface area contributed by atoms with Crippen molar-refractivity contribution in [2.75, 3.05) is 19.5 Å². The topological polar surface area (TPSA) is 47.9 Å². The first-order valence-corrected chi connectivity index (χ1v) is 10.8. The largest absolute Gasteiger partial charge is 0.461 e. The van der Waals surface area contributed by atoms with Crippen LogP contribution in [-0.2, 0) is 19.1 Å². The van der Waals surface area contributed by atoms with E-state index in [1.165, 1.54) is 7.11 Å². The third-order valence-corrected chi connectivity index (χ3v) is 6.24. The van der Waals surface area contributed by atoms with Gasteiger partial charge in [0.1, 0.15) is 7.11 Å². The molecule has 0 aliphatic rings. The summed E-state index contributed by atoms with van der Waals surface area (Å²) >= 11 is 1.62. The molecule has 0 aliphatic heterocycles. The summed E-state index contributed by atoms with van der Waals surface area (Å²) < 4.78 is 4.64. The third-order valence-electron chi connectivity index (χ3n) is 4.68. The highest BCUT2D eigenvalue weighted by molar-refractivity contribution is 8.01. The molecule has 0 spiro atoms. The van der Waals surface area contributed by atoms with Crippen LogP contribution < -0.4 is 0 Å². The van der Waals surface area contributed by atoms with E-state index < -0.39 is 10.7 Å². The van der Waals surface area contributed by atoms with E-state index in [1.807, 2.05) is 54.6 Å². The maximum absolute atomic E-state index is 12.4. The van der Waals surface area contributed by atoms with Gasteiger partial charge in [0.05, 0.1) is 11.4 Å². The number of esters is 1. The fourth-order valence-corrected chi connectivity index (χ4v) is 4.82. The number of oxime groups is 1. The Bertz CT molecular complexity index is 863. The van der Waals surface area contributed by atoms with Crippen molar-refractivity contribution in [2.45, 2.75) is 11.7 Å². The molecule has 30 heavy (non-hydrogen) atoms. The number of thioether (sulfide) groups is 1. The van der Waals surface area contributed by atoms with Gasteiger partial charge in [0.2, 0.25) is 0 Å². The SMILES string of the molecule is CCOC(=O)/C(CSC(c1ccccc1)(c1ccccc1)c1ccccc1)=N\OC. The monoisotopic (exact) mass is 419 g/mol. The molecule has 0 atom stereocenters. The number of carbonyl (C=O) groups is 1. The summed E-state index contributed by atoms with van der Waals surface area (Å²) in [4.78, 5) is 17.3. The molecule has 0 fully saturated rings. The molecule has 0 saturated heterocycles. The quantitative estimate of drug-likeness (QED) is 0.205. The molecule has 0 N–H and O–H groups in total. The number of ether oxygens (including phenoxy) is 1. The smallest absolute Gasteiger partial charge is 0.356 e. The molecule has 0 aromatic heterocycles. The van der Waals surface area contributed by atoms with Crippen LogP contribution in [0.25, 0.3) is 0 Å². The minimum atomic E-state index is -0.537. The Labute approximate surface area is 181 Å². The van der Waals surface area contributed by atoms with Gasteiger partial charge in [0, 0.05) is 5.75 Å². The average molecular weight is 420 g/mol. The predicted molar refractivity (Wildman–Crippen MR) is 123 cm³/mol. The summed E-state index contributed by atoms with van der Waals surface area (Å²) in [6.07, 6.45) is 0. The minimum absolute atomic E-state index is 0.247. The Morgan fingerprint density at radius 1 is 0.833 bits per heavy atom. The van der Waals surface area contributed by atoms with E-state index in [0.29, 0.717) is 5.75 Å². The van der Waals surface area contributed by atoms with Gasteiger partial charge in [-0.2, -0.15) is 0 Å². The summed E-state index contributed by atoms with van der Waals surface area (Å²) in [7, 11) is 1.43. The van der Waals surface area contributed by atoms with E-state index in [-0.39, 0.29) is 12.3 Å². The Balaban J connectivity index is 2.14. The Hall–Kier alpha value is -3.05. The van der Waals surface area contributed by atoms with Gasteiger partial charge in [-0.3, -0.25) is 0 Å². The molecule has 3 aromatic carbocycles. The lowest BCUT2D eigenvalue weighted by atomic mass is 9.84. The number of carbonyl (C=O) groups excluding carboxylic acids is 1. The molecule has 0 bridgehead atoms. The Morgan fingerprint density at radius 2 is 1.27 bits per heavy atom. The molecule has 0 saturated carbocycles. The van der Waals surface area contributed by atoms with Crippen molar-refractivity contribution >= 4 is 23.4 Å². The van der Waals surface area contributed by atoms with Gasteiger partial charge in [0.15, 0.2) is 5.71 Å². The van der Waals surface area contributed by atoms with E-state index >= 15 is 0 Å². The summed E-state index contributed by atoms with van der Waals surface area (Å²) in [6, 6.07) is 30.9. The maximum Gasteiger partial charge on any atom is 0.356 e. The van der Waals surface area contributed by atoms with Gasteiger partial charge in [0.25, 0.3) is 0 Å². The molecule has 0 aliphatic carbocycles. The Morgan fingerprint density at radius 3 is 1.63 bits per heavy atom. The van der Waals surface area contributed by atoms with E-state index in [2.05, 4.69) is 41.6 Å². The molecule has 3 rings (SSSR count). The van der Waals surface area contributed by atoms with Gasteiger partial charge in [-0.15, -0.1) is 11.8 Å². The van der Waals surface area contributed by atoms with E-state index in [9.17, 15) is 4.79 Å². The molecule has 0 amide bonds. The highest BCUT2D eigenvalue weighted by Crippen LogP contribution is 2.48. The molecule has 3 aromatic rings. The fraction of sp³-hybridized carbons (Fsp3) is 0.200. The van der Waals surface area contributed by atoms with Crippen LogP contribution in [-0.4, -0.2) is 31.2 Å². The number of benzene rings is 3. The third kappa shape index (κ3) is 4.74. The van der Waals surface area contributed by atoms with E-state index in [0.717, 1.165) is 16.7 Å². The lowest BCUT2D eigenvalue weighted by Gasteiger charge is -2.35. The molecule has 4 nitrogen and oxygen atoms in total. The van der Waals surface area contributed by atoms with Crippen molar-refractivity contribution in [3.05, 3.63) is 108 Å². The van der Waals surface area contributed by atoms with Crippen molar-refractivity contribution in [2.24, 2.45) is 5.16 Å². The van der Waals surface area contributed by atoms with Crippen molar-refractivity contribution in [3.8, 4) is 0 Å². The number of rotatable bonds is 9.